The number of rotatable bonds is 14. The standard InChI is InChI=1S/C38H25N5.C38H23N5.2HN7.3Pd/c2*1-2-10-26(11-3-1)27-24-40-41(25-27)28-17-19-32-30-12-4-6-14-34(30)42(36(32)22-28)29-18-20-33-31-13-5-7-15-35(31)43(37(33)23-29)38-16-8-9-21-39-38;2*1-3-5-7-6-4-2;;;/h1-25H;1-21,24-25H;2*1H;;;/q;-2;;;;;+2/b;;2*3-1?,6-4+,7-5+;;;. The first kappa shape index (κ1) is 67.5. The summed E-state index contributed by atoms with van der Waals surface area (Å²) in [6.45, 7) is 0. The second kappa shape index (κ2) is 31.2. The van der Waals surface area contributed by atoms with Crippen molar-refractivity contribution in [1.82, 2.24) is 47.8 Å². The quantitative estimate of drug-likeness (QED) is 0.0465. The average Bonchev–Trinajstić information content (AvgIpc) is 1.58. The second-order valence-electron chi connectivity index (χ2n) is 22.5. The Bertz CT molecular complexity index is 5840. The van der Waals surface area contributed by atoms with E-state index in [4.69, 9.17) is 31.2 Å². The van der Waals surface area contributed by atoms with Crippen LogP contribution in [0.15, 0.2) is 352 Å². The predicted molar refractivity (Wildman–Crippen MR) is 383 cm³/mol. The number of fused-ring (bicyclic) bond motifs is 12. The van der Waals surface area contributed by atoms with Crippen LogP contribution in [0.5, 0.6) is 0 Å². The zero-order valence-electron chi connectivity index (χ0n) is 53.5. The molecule has 27 heteroatoms. The summed E-state index contributed by atoms with van der Waals surface area (Å²) in [6.07, 6.45) is 11.7. The Balaban J connectivity index is 0.000000143. The van der Waals surface area contributed by atoms with Crippen LogP contribution in [-0.2, 0) is 58.5 Å². The number of para-hydroxylation sites is 4. The van der Waals surface area contributed by atoms with Crippen molar-refractivity contribution >= 4 is 87.2 Å². The van der Waals surface area contributed by atoms with E-state index < -0.39 is 0 Å². The molecule has 0 radical (unpaired) electrons. The summed E-state index contributed by atoms with van der Waals surface area (Å²) in [6, 6.07) is 96.5. The first-order chi connectivity index (χ1) is 50.5. The van der Waals surface area contributed by atoms with Gasteiger partial charge in [-0.2, -0.15) is 22.3 Å². The molecule has 0 aliphatic heterocycles. The molecule has 2 N–H and O–H groups in total. The maximum absolute atomic E-state index is 6.06. The van der Waals surface area contributed by atoms with Crippen LogP contribution >= 0.6 is 0 Å². The Morgan fingerprint density at radius 3 is 1.23 bits per heavy atom. The van der Waals surface area contributed by atoms with Crippen LogP contribution in [0.25, 0.3) is 144 Å². The molecule has 0 fully saturated rings. The van der Waals surface area contributed by atoms with E-state index in [0.717, 1.165) is 106 Å². The molecule has 103 heavy (non-hydrogen) atoms. The van der Waals surface area contributed by atoms with Crippen LogP contribution in [0.4, 0.5) is 0 Å². The average molecular weight is 1620 g/mol. The van der Waals surface area contributed by atoms with Crippen molar-refractivity contribution in [2.24, 2.45) is 59.6 Å². The van der Waals surface area contributed by atoms with Gasteiger partial charge in [-0.1, -0.05) is 174 Å². The molecular formula is C76H50N24Pd3. The minimum absolute atomic E-state index is 0. The second-order valence-corrected chi connectivity index (χ2v) is 23.1. The first-order valence-electron chi connectivity index (χ1n) is 31.4. The fourth-order valence-corrected chi connectivity index (χ4v) is 13.0. The SMILES string of the molecule is N=N/N=N/N=N/[N]=[Pd].N=N/N=N/N=N/[N]=[Pd].[Pd+2].[c-]1c(-n2cc(-c3ccccc3)cn2)ccc2c3ccccc3n(-c3[c-]c4c(cc3)c3ccccc3n4-c3ccccn3)c12.c1ccc(-c2cnn(-c3ccc4c5ccccc5n(-c5ccc6c7ccccc7n(-c7ccccn7)c6c5)c4c3)c2)cc1. The third kappa shape index (κ3) is 13.7. The molecule has 24 nitrogen and oxygen atoms in total. The van der Waals surface area contributed by atoms with Crippen molar-refractivity contribution in [2.75, 3.05) is 0 Å². The van der Waals surface area contributed by atoms with Crippen molar-refractivity contribution in [3.05, 3.63) is 304 Å². The van der Waals surface area contributed by atoms with Gasteiger partial charge in [-0.3, -0.25) is 9.25 Å². The Hall–Kier alpha value is -12.7. The van der Waals surface area contributed by atoms with Crippen molar-refractivity contribution in [2.45, 2.75) is 0 Å². The van der Waals surface area contributed by atoms with Gasteiger partial charge in [0.05, 0.1) is 40.1 Å². The summed E-state index contributed by atoms with van der Waals surface area (Å²) in [5, 5.41) is 47.1. The maximum Gasteiger partial charge on any atom is 2.00 e. The van der Waals surface area contributed by atoms with Gasteiger partial charge in [0.25, 0.3) is 0 Å². The van der Waals surface area contributed by atoms with Crippen LogP contribution < -0.4 is 0 Å². The molecule has 0 unspecified atom stereocenters. The molecule has 10 aromatic carbocycles. The fraction of sp³-hybridized carbons (Fsp3) is 0. The zero-order chi connectivity index (χ0) is 69.1. The molecule has 504 valence electrons. The molecule has 18 aromatic rings. The van der Waals surface area contributed by atoms with E-state index in [9.17, 15) is 0 Å². The van der Waals surface area contributed by atoms with Crippen LogP contribution in [0.1, 0.15) is 0 Å². The third-order valence-electron chi connectivity index (χ3n) is 17.0. The van der Waals surface area contributed by atoms with Crippen molar-refractivity contribution in [3.8, 4) is 56.6 Å². The van der Waals surface area contributed by atoms with E-state index in [-0.39, 0.29) is 20.4 Å². The van der Waals surface area contributed by atoms with Gasteiger partial charge in [0.15, 0.2) is 0 Å². The topological polar surface area (TPSA) is 277 Å². The monoisotopic (exact) mass is 1620 g/mol. The largest absolute Gasteiger partial charge is 2.00 e. The van der Waals surface area contributed by atoms with Crippen LogP contribution in [0.2, 0.25) is 0 Å². The molecule has 8 aromatic heterocycles. The van der Waals surface area contributed by atoms with Gasteiger partial charge in [0.1, 0.15) is 11.6 Å². The molecule has 0 atom stereocenters. The number of hydrogen-bond donors (Lipinski definition) is 2. The number of benzene rings is 10. The fourth-order valence-electron chi connectivity index (χ4n) is 12.8. The minimum atomic E-state index is 0. The molecule has 0 aliphatic carbocycles. The Morgan fingerprint density at radius 1 is 0.311 bits per heavy atom. The normalized spacial score (nSPS) is 11.5. The van der Waals surface area contributed by atoms with Gasteiger partial charge >= 0.3 is 129 Å². The number of pyridine rings is 2. The Kier molecular flexibility index (Phi) is 20.5. The Morgan fingerprint density at radius 2 is 0.699 bits per heavy atom. The van der Waals surface area contributed by atoms with Gasteiger partial charge in [-0.25, -0.2) is 14.6 Å². The van der Waals surface area contributed by atoms with Crippen LogP contribution in [-0.4, -0.2) is 47.8 Å². The molecule has 0 amide bonds. The molecule has 18 rings (SSSR count). The molecule has 8 heterocycles. The smallest absolute Gasteiger partial charge is 0.358 e. The Labute approximate surface area is 620 Å². The van der Waals surface area contributed by atoms with Gasteiger partial charge < -0.3 is 13.7 Å². The number of nitrogens with one attached hydrogen (secondary N) is 2. The van der Waals surface area contributed by atoms with Gasteiger partial charge in [-0.05, 0) is 100 Å². The van der Waals surface area contributed by atoms with Gasteiger partial charge in [0, 0.05) is 74.2 Å². The van der Waals surface area contributed by atoms with E-state index in [2.05, 4.69) is 341 Å². The number of aromatic nitrogens is 10. The summed E-state index contributed by atoms with van der Waals surface area (Å²) in [5.74, 6) is 1.77. The summed E-state index contributed by atoms with van der Waals surface area (Å²) < 4.78 is 19.1. The van der Waals surface area contributed by atoms with Crippen LogP contribution in [0, 0.1) is 23.2 Å². The van der Waals surface area contributed by atoms with Crippen molar-refractivity contribution in [1.29, 1.82) is 11.1 Å². The summed E-state index contributed by atoms with van der Waals surface area (Å²) >= 11 is 4.72. The summed E-state index contributed by atoms with van der Waals surface area (Å²) in [4.78, 5) is 9.43. The van der Waals surface area contributed by atoms with Crippen molar-refractivity contribution in [3.63, 3.8) is 0 Å². The van der Waals surface area contributed by atoms with E-state index in [1.54, 1.807) is 0 Å². The summed E-state index contributed by atoms with van der Waals surface area (Å²) in [5.41, 5.74) is 29.2. The molecular weight excluding hydrogens is 1570 g/mol. The first-order valence-corrected chi connectivity index (χ1v) is 32.8. The van der Waals surface area contributed by atoms with Crippen LogP contribution in [0.3, 0.4) is 0 Å². The minimum Gasteiger partial charge on any atom is -0.358 e. The third-order valence-corrected chi connectivity index (χ3v) is 17.3. The molecule has 0 saturated heterocycles. The van der Waals surface area contributed by atoms with E-state index in [1.165, 1.54) is 37.8 Å². The van der Waals surface area contributed by atoms with Crippen molar-refractivity contribution < 1.29 is 58.5 Å². The zero-order valence-corrected chi connectivity index (χ0v) is 58.2. The molecule has 0 saturated carbocycles. The number of nitrogens with zero attached hydrogens (tertiary/aromatic N) is 22. The van der Waals surface area contributed by atoms with E-state index in [0.29, 0.717) is 0 Å². The maximum atomic E-state index is 6.06. The predicted octanol–water partition coefficient (Wildman–Crippen LogP) is 20.6. The molecule has 0 spiro atoms. The van der Waals surface area contributed by atoms with Gasteiger partial charge in [-0.15, -0.1) is 35.0 Å². The van der Waals surface area contributed by atoms with E-state index in [1.807, 2.05) is 88.7 Å². The molecule has 0 aliphatic rings. The molecule has 0 bridgehead atoms. The van der Waals surface area contributed by atoms with Gasteiger partial charge in [0.2, 0.25) is 0 Å². The summed E-state index contributed by atoms with van der Waals surface area (Å²) in [7, 11) is 0. The van der Waals surface area contributed by atoms with E-state index >= 15 is 0 Å². The number of hydrogen-bond acceptors (Lipinski definition) is 8.